The van der Waals surface area contributed by atoms with E-state index in [0.29, 0.717) is 11.1 Å². The zero-order valence-electron chi connectivity index (χ0n) is 16.8. The van der Waals surface area contributed by atoms with Gasteiger partial charge in [-0.15, -0.1) is 0 Å². The standard InChI is InChI=1S/C22H24O10/c23-10-17-19(27)20(28)21(29)22(32-17)31-16-7-5-12(9-15(16)25)11-30-18(26)8-6-13-3-1-2-4-14(13)24/h1-9,17,19-25,27-29H,10-11H2/b8-6+/t17-,19-,20+,21-,22-/m1/s1. The Bertz CT molecular complexity index is 957. The molecule has 0 spiro atoms. The van der Waals surface area contributed by atoms with Crippen molar-refractivity contribution in [3.8, 4) is 17.2 Å². The molecule has 3 rings (SSSR count). The van der Waals surface area contributed by atoms with Crippen LogP contribution in [0.3, 0.4) is 0 Å². The van der Waals surface area contributed by atoms with Crippen LogP contribution in [0.1, 0.15) is 11.1 Å². The average Bonchev–Trinajstić information content (AvgIpc) is 2.78. The van der Waals surface area contributed by atoms with Crippen LogP contribution in [0, 0.1) is 0 Å². The van der Waals surface area contributed by atoms with Gasteiger partial charge in [-0.2, -0.15) is 0 Å². The molecule has 0 amide bonds. The molecule has 0 saturated carbocycles. The molecule has 1 fully saturated rings. The lowest BCUT2D eigenvalue weighted by atomic mass is 9.99. The number of aromatic hydroxyl groups is 2. The second-order valence-corrected chi connectivity index (χ2v) is 7.12. The summed E-state index contributed by atoms with van der Waals surface area (Å²) in [5, 5.41) is 58.7. The smallest absolute Gasteiger partial charge is 0.331 e. The molecule has 10 nitrogen and oxygen atoms in total. The number of para-hydroxylation sites is 1. The second-order valence-electron chi connectivity index (χ2n) is 7.12. The highest BCUT2D eigenvalue weighted by atomic mass is 16.7. The molecule has 0 bridgehead atoms. The zero-order valence-corrected chi connectivity index (χ0v) is 16.8. The second kappa shape index (κ2) is 10.4. The Morgan fingerprint density at radius 1 is 1.00 bits per heavy atom. The van der Waals surface area contributed by atoms with Gasteiger partial charge < -0.3 is 44.8 Å². The molecule has 10 heteroatoms. The quantitative estimate of drug-likeness (QED) is 0.251. The van der Waals surface area contributed by atoms with Crippen LogP contribution in [-0.4, -0.2) is 73.9 Å². The van der Waals surface area contributed by atoms with Crippen molar-refractivity contribution in [3.05, 3.63) is 59.7 Å². The lowest BCUT2D eigenvalue weighted by Crippen LogP contribution is -2.60. The number of hydrogen-bond donors (Lipinski definition) is 6. The molecule has 0 radical (unpaired) electrons. The molecule has 6 N–H and O–H groups in total. The largest absolute Gasteiger partial charge is 0.507 e. The highest BCUT2D eigenvalue weighted by molar-refractivity contribution is 5.87. The first-order chi connectivity index (χ1) is 15.3. The summed E-state index contributed by atoms with van der Waals surface area (Å²) in [5.41, 5.74) is 0.893. The van der Waals surface area contributed by atoms with E-state index in [4.69, 9.17) is 14.2 Å². The maximum absolute atomic E-state index is 11.9. The fraction of sp³-hybridized carbons (Fsp3) is 0.318. The third kappa shape index (κ3) is 5.55. The number of benzene rings is 2. The molecule has 32 heavy (non-hydrogen) atoms. The summed E-state index contributed by atoms with van der Waals surface area (Å²) < 4.78 is 15.7. The predicted octanol–water partition coefficient (Wildman–Crippen LogP) is 0.0331. The van der Waals surface area contributed by atoms with Crippen molar-refractivity contribution in [1.29, 1.82) is 0 Å². The Hall–Kier alpha value is -3.15. The number of rotatable bonds is 7. The van der Waals surface area contributed by atoms with Gasteiger partial charge >= 0.3 is 5.97 Å². The van der Waals surface area contributed by atoms with E-state index < -0.39 is 43.3 Å². The first-order valence-corrected chi connectivity index (χ1v) is 9.72. The molecule has 1 aliphatic rings. The number of hydrogen-bond acceptors (Lipinski definition) is 10. The van der Waals surface area contributed by atoms with E-state index >= 15 is 0 Å². The summed E-state index contributed by atoms with van der Waals surface area (Å²) >= 11 is 0. The van der Waals surface area contributed by atoms with E-state index in [1.807, 2.05) is 0 Å². The third-order valence-corrected chi connectivity index (χ3v) is 4.83. The molecule has 172 valence electrons. The Balaban J connectivity index is 1.58. The fourth-order valence-electron chi connectivity index (χ4n) is 3.03. The average molecular weight is 448 g/mol. The van der Waals surface area contributed by atoms with Gasteiger partial charge in [0.15, 0.2) is 11.5 Å². The van der Waals surface area contributed by atoms with Crippen molar-refractivity contribution in [3.63, 3.8) is 0 Å². The van der Waals surface area contributed by atoms with E-state index in [1.54, 1.807) is 18.2 Å². The number of ether oxygens (including phenoxy) is 3. The van der Waals surface area contributed by atoms with Crippen molar-refractivity contribution >= 4 is 12.0 Å². The van der Waals surface area contributed by atoms with Crippen LogP contribution in [0.15, 0.2) is 48.5 Å². The van der Waals surface area contributed by atoms with Gasteiger partial charge in [0.25, 0.3) is 0 Å². The van der Waals surface area contributed by atoms with Crippen LogP contribution in [0.5, 0.6) is 17.2 Å². The van der Waals surface area contributed by atoms with Gasteiger partial charge in [0.05, 0.1) is 6.61 Å². The summed E-state index contributed by atoms with van der Waals surface area (Å²) in [6.07, 6.45) is -4.79. The van der Waals surface area contributed by atoms with Crippen molar-refractivity contribution in [1.82, 2.24) is 0 Å². The van der Waals surface area contributed by atoms with Crippen LogP contribution in [0.4, 0.5) is 0 Å². The first-order valence-electron chi connectivity index (χ1n) is 9.72. The lowest BCUT2D eigenvalue weighted by molar-refractivity contribution is -0.277. The molecular formula is C22H24O10. The van der Waals surface area contributed by atoms with Crippen molar-refractivity contribution in [2.24, 2.45) is 0 Å². The molecular weight excluding hydrogens is 424 g/mol. The molecule has 0 unspecified atom stereocenters. The van der Waals surface area contributed by atoms with Crippen LogP contribution >= 0.6 is 0 Å². The number of esters is 1. The minimum Gasteiger partial charge on any atom is -0.507 e. The van der Waals surface area contributed by atoms with E-state index in [9.17, 15) is 35.4 Å². The molecule has 1 aliphatic heterocycles. The fourth-order valence-corrected chi connectivity index (χ4v) is 3.03. The molecule has 2 aromatic carbocycles. The van der Waals surface area contributed by atoms with Gasteiger partial charge in [-0.3, -0.25) is 0 Å². The van der Waals surface area contributed by atoms with Crippen LogP contribution in [-0.2, 0) is 20.9 Å². The van der Waals surface area contributed by atoms with Gasteiger partial charge in [-0.25, -0.2) is 4.79 Å². The third-order valence-electron chi connectivity index (χ3n) is 4.83. The summed E-state index contributed by atoms with van der Waals surface area (Å²) in [7, 11) is 0. The number of phenols is 2. The van der Waals surface area contributed by atoms with Crippen LogP contribution in [0.2, 0.25) is 0 Å². The molecule has 2 aromatic rings. The highest BCUT2D eigenvalue weighted by Crippen LogP contribution is 2.31. The van der Waals surface area contributed by atoms with Crippen LogP contribution in [0.25, 0.3) is 6.08 Å². The Morgan fingerprint density at radius 3 is 2.44 bits per heavy atom. The number of aliphatic hydroxyl groups excluding tert-OH is 4. The van der Waals surface area contributed by atoms with Gasteiger partial charge in [-0.1, -0.05) is 24.3 Å². The van der Waals surface area contributed by atoms with Gasteiger partial charge in [0.1, 0.15) is 36.8 Å². The van der Waals surface area contributed by atoms with Crippen molar-refractivity contribution in [2.45, 2.75) is 37.3 Å². The highest BCUT2D eigenvalue weighted by Gasteiger charge is 2.44. The summed E-state index contributed by atoms with van der Waals surface area (Å²) in [4.78, 5) is 11.9. The van der Waals surface area contributed by atoms with Crippen molar-refractivity contribution < 1.29 is 49.6 Å². The van der Waals surface area contributed by atoms with Crippen molar-refractivity contribution in [2.75, 3.05) is 6.61 Å². The molecule has 1 saturated heterocycles. The number of phenolic OH excluding ortho intramolecular Hbond substituents is 2. The van der Waals surface area contributed by atoms with Gasteiger partial charge in [-0.05, 0) is 29.8 Å². The maximum Gasteiger partial charge on any atom is 0.331 e. The summed E-state index contributed by atoms with van der Waals surface area (Å²) in [6.45, 7) is -0.767. The normalized spacial score (nSPS) is 25.6. The monoisotopic (exact) mass is 448 g/mol. The minimum atomic E-state index is -1.62. The Kier molecular flexibility index (Phi) is 7.67. The molecule has 5 atom stereocenters. The van der Waals surface area contributed by atoms with Gasteiger partial charge in [0.2, 0.25) is 6.29 Å². The van der Waals surface area contributed by atoms with Crippen LogP contribution < -0.4 is 4.74 Å². The SMILES string of the molecule is O=C(/C=C/c1ccccc1O)OCc1ccc(O[C@@H]2O[C@H](CO)[C@@H](O)[C@H](O)[C@H]2O)c(O)c1. The molecule has 1 heterocycles. The molecule has 0 aliphatic carbocycles. The van der Waals surface area contributed by atoms with E-state index in [2.05, 4.69) is 0 Å². The lowest BCUT2D eigenvalue weighted by Gasteiger charge is -2.39. The van der Waals surface area contributed by atoms with E-state index in [0.717, 1.165) is 6.08 Å². The van der Waals surface area contributed by atoms with E-state index in [-0.39, 0.29) is 23.9 Å². The summed E-state index contributed by atoms with van der Waals surface area (Å²) in [6, 6.07) is 10.6. The maximum atomic E-state index is 11.9. The Labute approximate surface area is 183 Å². The zero-order chi connectivity index (χ0) is 23.3. The molecule has 0 aromatic heterocycles. The summed E-state index contributed by atoms with van der Waals surface area (Å²) in [5.74, 6) is -1.07. The van der Waals surface area contributed by atoms with Gasteiger partial charge in [0, 0.05) is 11.6 Å². The number of aliphatic hydroxyl groups is 4. The predicted molar refractivity (Wildman–Crippen MR) is 109 cm³/mol. The topological polar surface area (TPSA) is 166 Å². The number of carbonyl (C=O) groups excluding carboxylic acids is 1. The minimum absolute atomic E-state index is 0.0245. The van der Waals surface area contributed by atoms with E-state index in [1.165, 1.54) is 30.3 Å². The Morgan fingerprint density at radius 2 is 1.75 bits per heavy atom. The number of carbonyl (C=O) groups is 1. The first kappa shape index (κ1) is 23.5.